The molecule has 0 radical (unpaired) electrons. The van der Waals surface area contributed by atoms with Crippen molar-refractivity contribution in [1.29, 1.82) is 0 Å². The third-order valence-corrected chi connectivity index (χ3v) is 4.90. The van der Waals surface area contributed by atoms with Crippen LogP contribution in [0.15, 0.2) is 0 Å². The number of aromatic nitrogens is 2. The summed E-state index contributed by atoms with van der Waals surface area (Å²) >= 11 is 0. The van der Waals surface area contributed by atoms with E-state index in [0.717, 1.165) is 5.92 Å². The lowest BCUT2D eigenvalue weighted by atomic mass is 9.81. The SMILES string of the molecule is CC1CCc2nc(C3CCCC3(C)C)[nH]c2C1. The van der Waals surface area contributed by atoms with Gasteiger partial charge in [-0.05, 0) is 43.4 Å². The summed E-state index contributed by atoms with van der Waals surface area (Å²) in [6, 6.07) is 0. The molecule has 2 aliphatic carbocycles. The second kappa shape index (κ2) is 3.86. The summed E-state index contributed by atoms with van der Waals surface area (Å²) in [6.07, 6.45) is 7.72. The van der Waals surface area contributed by atoms with E-state index in [2.05, 4.69) is 25.8 Å². The molecule has 3 rings (SSSR count). The summed E-state index contributed by atoms with van der Waals surface area (Å²) in [4.78, 5) is 8.56. The second-order valence-electron chi connectivity index (χ2n) is 6.83. The zero-order chi connectivity index (χ0) is 12.0. The number of nitrogens with one attached hydrogen (secondary N) is 1. The first-order valence-corrected chi connectivity index (χ1v) is 7.14. The van der Waals surface area contributed by atoms with Crippen molar-refractivity contribution in [3.8, 4) is 0 Å². The van der Waals surface area contributed by atoms with Gasteiger partial charge in [-0.1, -0.05) is 27.2 Å². The molecule has 1 saturated carbocycles. The molecule has 1 aromatic heterocycles. The van der Waals surface area contributed by atoms with E-state index in [-0.39, 0.29) is 0 Å². The topological polar surface area (TPSA) is 28.7 Å². The van der Waals surface area contributed by atoms with Gasteiger partial charge in [0.15, 0.2) is 0 Å². The van der Waals surface area contributed by atoms with Crippen molar-refractivity contribution in [2.24, 2.45) is 11.3 Å². The van der Waals surface area contributed by atoms with Crippen LogP contribution < -0.4 is 0 Å². The van der Waals surface area contributed by atoms with Crippen LogP contribution in [0.25, 0.3) is 0 Å². The maximum absolute atomic E-state index is 4.91. The molecule has 1 N–H and O–H groups in total. The number of hydrogen-bond donors (Lipinski definition) is 1. The van der Waals surface area contributed by atoms with E-state index < -0.39 is 0 Å². The van der Waals surface area contributed by atoms with Gasteiger partial charge >= 0.3 is 0 Å². The number of imidazole rings is 1. The van der Waals surface area contributed by atoms with E-state index in [4.69, 9.17) is 4.98 Å². The van der Waals surface area contributed by atoms with Crippen LogP contribution in [0.5, 0.6) is 0 Å². The number of fused-ring (bicyclic) bond motifs is 1. The first-order valence-electron chi connectivity index (χ1n) is 7.14. The van der Waals surface area contributed by atoms with Crippen LogP contribution in [-0.2, 0) is 12.8 Å². The summed E-state index contributed by atoms with van der Waals surface area (Å²) < 4.78 is 0. The third-order valence-electron chi connectivity index (χ3n) is 4.90. The molecule has 2 nitrogen and oxygen atoms in total. The van der Waals surface area contributed by atoms with Crippen LogP contribution in [0.1, 0.15) is 69.6 Å². The maximum atomic E-state index is 4.91. The van der Waals surface area contributed by atoms with E-state index in [9.17, 15) is 0 Å². The lowest BCUT2D eigenvalue weighted by molar-refractivity contribution is 0.323. The molecule has 2 unspecified atom stereocenters. The summed E-state index contributed by atoms with van der Waals surface area (Å²) in [5, 5.41) is 0. The fourth-order valence-electron chi connectivity index (χ4n) is 3.68. The Morgan fingerprint density at radius 3 is 2.82 bits per heavy atom. The zero-order valence-electron chi connectivity index (χ0n) is 11.3. The molecule has 2 atom stereocenters. The van der Waals surface area contributed by atoms with Gasteiger partial charge < -0.3 is 4.98 Å². The molecule has 17 heavy (non-hydrogen) atoms. The molecule has 0 amide bonds. The van der Waals surface area contributed by atoms with Crippen LogP contribution in [0, 0.1) is 11.3 Å². The van der Waals surface area contributed by atoms with Crippen molar-refractivity contribution in [3.63, 3.8) is 0 Å². The van der Waals surface area contributed by atoms with Gasteiger partial charge in [0, 0.05) is 11.6 Å². The van der Waals surface area contributed by atoms with Crippen LogP contribution in [-0.4, -0.2) is 9.97 Å². The van der Waals surface area contributed by atoms with Gasteiger partial charge in [0.05, 0.1) is 5.69 Å². The van der Waals surface area contributed by atoms with Crippen LogP contribution in [0.3, 0.4) is 0 Å². The highest BCUT2D eigenvalue weighted by atomic mass is 15.0. The fraction of sp³-hybridized carbons (Fsp3) is 0.800. The largest absolute Gasteiger partial charge is 0.345 e. The van der Waals surface area contributed by atoms with Crippen LogP contribution in [0.4, 0.5) is 0 Å². The number of rotatable bonds is 1. The molecule has 2 heteroatoms. The molecule has 1 heterocycles. The van der Waals surface area contributed by atoms with E-state index >= 15 is 0 Å². The van der Waals surface area contributed by atoms with Crippen molar-refractivity contribution in [1.82, 2.24) is 9.97 Å². The Hall–Kier alpha value is -0.790. The highest BCUT2D eigenvalue weighted by Gasteiger charge is 2.38. The molecule has 0 bridgehead atoms. The first-order chi connectivity index (χ1) is 8.06. The third kappa shape index (κ3) is 1.92. The minimum Gasteiger partial charge on any atom is -0.345 e. The van der Waals surface area contributed by atoms with Gasteiger partial charge in [0.25, 0.3) is 0 Å². The average molecular weight is 232 g/mol. The van der Waals surface area contributed by atoms with E-state index in [1.165, 1.54) is 55.7 Å². The number of aromatic amines is 1. The Balaban J connectivity index is 1.90. The summed E-state index contributed by atoms with van der Waals surface area (Å²) in [6.45, 7) is 7.15. The maximum Gasteiger partial charge on any atom is 0.110 e. The Morgan fingerprint density at radius 2 is 2.12 bits per heavy atom. The van der Waals surface area contributed by atoms with E-state index in [0.29, 0.717) is 11.3 Å². The van der Waals surface area contributed by atoms with Crippen molar-refractivity contribution in [2.75, 3.05) is 0 Å². The lowest BCUT2D eigenvalue weighted by Crippen LogP contribution is -2.16. The highest BCUT2D eigenvalue weighted by Crippen LogP contribution is 2.48. The Morgan fingerprint density at radius 1 is 1.29 bits per heavy atom. The van der Waals surface area contributed by atoms with Crippen LogP contribution in [0.2, 0.25) is 0 Å². The molecule has 1 fully saturated rings. The number of H-pyrrole nitrogens is 1. The molecule has 0 spiro atoms. The van der Waals surface area contributed by atoms with E-state index in [1.54, 1.807) is 0 Å². The predicted octanol–water partition coefficient (Wildman–Crippen LogP) is 3.83. The van der Waals surface area contributed by atoms with E-state index in [1.807, 2.05) is 0 Å². The quantitative estimate of drug-likeness (QED) is 0.783. The monoisotopic (exact) mass is 232 g/mol. The number of aryl methyl sites for hydroxylation is 1. The van der Waals surface area contributed by atoms with Gasteiger partial charge in [-0.25, -0.2) is 4.98 Å². The van der Waals surface area contributed by atoms with Crippen LogP contribution >= 0.6 is 0 Å². The molecule has 0 aliphatic heterocycles. The molecular formula is C15H24N2. The van der Waals surface area contributed by atoms with Gasteiger partial charge in [-0.15, -0.1) is 0 Å². The van der Waals surface area contributed by atoms with Gasteiger partial charge in [-0.3, -0.25) is 0 Å². The fourth-order valence-corrected chi connectivity index (χ4v) is 3.68. The summed E-state index contributed by atoms with van der Waals surface area (Å²) in [7, 11) is 0. The highest BCUT2D eigenvalue weighted by molar-refractivity contribution is 5.21. The van der Waals surface area contributed by atoms with Crippen molar-refractivity contribution < 1.29 is 0 Å². The van der Waals surface area contributed by atoms with Gasteiger partial charge in [0.2, 0.25) is 0 Å². The Bertz CT molecular complexity index is 417. The summed E-state index contributed by atoms with van der Waals surface area (Å²) in [5.41, 5.74) is 3.23. The average Bonchev–Trinajstić information content (AvgIpc) is 2.79. The molecule has 94 valence electrons. The second-order valence-corrected chi connectivity index (χ2v) is 6.83. The normalized spacial score (nSPS) is 31.5. The number of nitrogens with zero attached hydrogens (tertiary/aromatic N) is 1. The number of hydrogen-bond acceptors (Lipinski definition) is 1. The Kier molecular flexibility index (Phi) is 2.57. The summed E-state index contributed by atoms with van der Waals surface area (Å²) in [5.74, 6) is 2.77. The predicted molar refractivity (Wildman–Crippen MR) is 70.1 cm³/mol. The zero-order valence-corrected chi connectivity index (χ0v) is 11.3. The molecule has 2 aliphatic rings. The first kappa shape index (κ1) is 11.3. The van der Waals surface area contributed by atoms with Crippen molar-refractivity contribution >= 4 is 0 Å². The minimum atomic E-state index is 0.437. The standard InChI is InChI=1S/C15H24N2/c1-10-6-7-12-13(9-10)17-14(16-12)11-5-4-8-15(11,2)3/h10-11H,4-9H2,1-3H3,(H,16,17). The molecule has 0 aromatic carbocycles. The van der Waals surface area contributed by atoms with Crippen molar-refractivity contribution in [2.45, 2.75) is 65.2 Å². The molecule has 1 aromatic rings. The molecule has 0 saturated heterocycles. The Labute approximate surface area is 104 Å². The minimum absolute atomic E-state index is 0.437. The van der Waals surface area contributed by atoms with Gasteiger partial charge in [-0.2, -0.15) is 0 Å². The van der Waals surface area contributed by atoms with Crippen molar-refractivity contribution in [3.05, 3.63) is 17.2 Å². The lowest BCUT2D eigenvalue weighted by Gasteiger charge is -2.25. The molecular weight excluding hydrogens is 208 g/mol. The van der Waals surface area contributed by atoms with Gasteiger partial charge in [0.1, 0.15) is 5.82 Å². The smallest absolute Gasteiger partial charge is 0.110 e.